The molecule has 0 unspecified atom stereocenters. The third-order valence-corrected chi connectivity index (χ3v) is 3.23. The molecule has 0 bridgehead atoms. The van der Waals surface area contributed by atoms with Crippen molar-refractivity contribution in [1.82, 2.24) is 10.6 Å². The summed E-state index contributed by atoms with van der Waals surface area (Å²) in [5.41, 5.74) is 0.234. The average Bonchev–Trinajstić information content (AvgIpc) is 2.54. The zero-order chi connectivity index (χ0) is 16.8. The van der Waals surface area contributed by atoms with E-state index in [1.807, 2.05) is 0 Å². The normalized spacial score (nSPS) is 10.2. The molecule has 0 saturated heterocycles. The Labute approximate surface area is 137 Å². The van der Waals surface area contributed by atoms with Crippen LogP contribution in [0.15, 0.2) is 42.5 Å². The second kappa shape index (κ2) is 7.60. The number of phenolic OH excluding ortho intramolecular Hbond substituents is 1. The molecule has 2 rings (SSSR count). The van der Waals surface area contributed by atoms with Gasteiger partial charge in [-0.05, 0) is 42.5 Å². The fourth-order valence-electron chi connectivity index (χ4n) is 1.83. The smallest absolute Gasteiger partial charge is 0.254 e. The number of nitrogens with one attached hydrogen (secondary N) is 2. The lowest BCUT2D eigenvalue weighted by Crippen LogP contribution is -2.35. The molecule has 0 aliphatic heterocycles. The molecular formula is C16H14ClFN2O3. The van der Waals surface area contributed by atoms with Gasteiger partial charge in [-0.15, -0.1) is 0 Å². The van der Waals surface area contributed by atoms with Crippen LogP contribution in [0.5, 0.6) is 5.75 Å². The van der Waals surface area contributed by atoms with Crippen LogP contribution in [-0.4, -0.2) is 30.0 Å². The van der Waals surface area contributed by atoms with Crippen molar-refractivity contribution in [2.75, 3.05) is 13.1 Å². The number of rotatable bonds is 5. The molecule has 0 spiro atoms. The second-order valence-corrected chi connectivity index (χ2v) is 5.12. The Bertz CT molecular complexity index is 720. The van der Waals surface area contributed by atoms with Crippen molar-refractivity contribution in [3.05, 3.63) is 64.4 Å². The van der Waals surface area contributed by atoms with E-state index in [2.05, 4.69) is 10.6 Å². The van der Waals surface area contributed by atoms with E-state index >= 15 is 0 Å². The summed E-state index contributed by atoms with van der Waals surface area (Å²) in [6.45, 7) is 0.308. The molecule has 0 aliphatic carbocycles. The number of carbonyl (C=O) groups excluding carboxylic acids is 2. The van der Waals surface area contributed by atoms with Gasteiger partial charge in [0.15, 0.2) is 0 Å². The van der Waals surface area contributed by atoms with E-state index in [4.69, 9.17) is 16.7 Å². The van der Waals surface area contributed by atoms with Crippen molar-refractivity contribution < 1.29 is 19.1 Å². The molecule has 0 atom stereocenters. The number of carbonyl (C=O) groups is 2. The highest BCUT2D eigenvalue weighted by Gasteiger charge is 2.12. The van der Waals surface area contributed by atoms with E-state index < -0.39 is 11.7 Å². The molecular weight excluding hydrogens is 323 g/mol. The van der Waals surface area contributed by atoms with Crippen molar-refractivity contribution in [2.24, 2.45) is 0 Å². The topological polar surface area (TPSA) is 78.4 Å². The first-order chi connectivity index (χ1) is 11.0. The number of amides is 2. The molecule has 120 valence electrons. The van der Waals surface area contributed by atoms with Gasteiger partial charge in [0, 0.05) is 23.7 Å². The number of halogens is 2. The maximum absolute atomic E-state index is 13.5. The first kappa shape index (κ1) is 16.8. The summed E-state index contributed by atoms with van der Waals surface area (Å²) in [6.07, 6.45) is 0. The van der Waals surface area contributed by atoms with E-state index in [-0.39, 0.29) is 35.3 Å². The van der Waals surface area contributed by atoms with Crippen molar-refractivity contribution in [2.45, 2.75) is 0 Å². The SMILES string of the molecule is O=C(NCCNC(=O)c1cc(Cl)ccc1F)c1ccc(O)cc1. The lowest BCUT2D eigenvalue weighted by atomic mass is 10.2. The largest absolute Gasteiger partial charge is 0.508 e. The Morgan fingerprint density at radius 2 is 1.61 bits per heavy atom. The monoisotopic (exact) mass is 336 g/mol. The predicted octanol–water partition coefficient (Wildman–Crippen LogP) is 2.34. The Balaban J connectivity index is 1.81. The quantitative estimate of drug-likeness (QED) is 0.733. The van der Waals surface area contributed by atoms with Crippen molar-refractivity contribution in [1.29, 1.82) is 0 Å². The van der Waals surface area contributed by atoms with Crippen molar-refractivity contribution in [3.8, 4) is 5.75 Å². The number of aromatic hydroxyl groups is 1. The summed E-state index contributed by atoms with van der Waals surface area (Å²) in [6, 6.07) is 9.46. The maximum Gasteiger partial charge on any atom is 0.254 e. The van der Waals surface area contributed by atoms with Gasteiger partial charge in [-0.25, -0.2) is 4.39 Å². The summed E-state index contributed by atoms with van der Waals surface area (Å²) in [5.74, 6) is -1.55. The van der Waals surface area contributed by atoms with Gasteiger partial charge in [-0.2, -0.15) is 0 Å². The Kier molecular flexibility index (Phi) is 5.54. The fraction of sp³-hybridized carbons (Fsp3) is 0.125. The first-order valence-corrected chi connectivity index (χ1v) is 7.15. The van der Waals surface area contributed by atoms with Gasteiger partial charge >= 0.3 is 0 Å². The van der Waals surface area contributed by atoms with Gasteiger partial charge in [0.25, 0.3) is 11.8 Å². The average molecular weight is 337 g/mol. The lowest BCUT2D eigenvalue weighted by Gasteiger charge is -2.08. The van der Waals surface area contributed by atoms with Crippen LogP contribution < -0.4 is 10.6 Å². The lowest BCUT2D eigenvalue weighted by molar-refractivity contribution is 0.0925. The molecule has 2 aromatic rings. The van der Waals surface area contributed by atoms with Gasteiger partial charge in [0.1, 0.15) is 11.6 Å². The van der Waals surface area contributed by atoms with Crippen molar-refractivity contribution >= 4 is 23.4 Å². The highest BCUT2D eigenvalue weighted by atomic mass is 35.5. The number of phenols is 1. The van der Waals surface area contributed by atoms with Crippen LogP contribution in [0.25, 0.3) is 0 Å². The van der Waals surface area contributed by atoms with Crippen LogP contribution in [0.2, 0.25) is 5.02 Å². The summed E-state index contributed by atoms with van der Waals surface area (Å²) < 4.78 is 13.5. The molecule has 23 heavy (non-hydrogen) atoms. The molecule has 2 aromatic carbocycles. The molecule has 5 nitrogen and oxygen atoms in total. The third kappa shape index (κ3) is 4.69. The molecule has 3 N–H and O–H groups in total. The molecule has 7 heteroatoms. The molecule has 0 heterocycles. The van der Waals surface area contributed by atoms with E-state index in [0.29, 0.717) is 5.56 Å². The predicted molar refractivity (Wildman–Crippen MR) is 84.2 cm³/mol. The van der Waals surface area contributed by atoms with E-state index in [1.54, 1.807) is 0 Å². The third-order valence-electron chi connectivity index (χ3n) is 3.00. The molecule has 0 radical (unpaired) electrons. The Morgan fingerprint density at radius 3 is 2.26 bits per heavy atom. The van der Waals surface area contributed by atoms with Crippen LogP contribution >= 0.6 is 11.6 Å². The van der Waals surface area contributed by atoms with E-state index in [9.17, 15) is 14.0 Å². The van der Waals surface area contributed by atoms with Gasteiger partial charge in [-0.1, -0.05) is 11.6 Å². The Hall–Kier alpha value is -2.60. The van der Waals surface area contributed by atoms with Crippen LogP contribution in [0, 0.1) is 5.82 Å². The van der Waals surface area contributed by atoms with Crippen LogP contribution in [0.4, 0.5) is 4.39 Å². The zero-order valence-corrected chi connectivity index (χ0v) is 12.7. The minimum Gasteiger partial charge on any atom is -0.508 e. The van der Waals surface area contributed by atoms with Crippen molar-refractivity contribution in [3.63, 3.8) is 0 Å². The van der Waals surface area contributed by atoms with Gasteiger partial charge in [-0.3, -0.25) is 9.59 Å². The van der Waals surface area contributed by atoms with Gasteiger partial charge < -0.3 is 15.7 Å². The van der Waals surface area contributed by atoms with E-state index in [0.717, 1.165) is 6.07 Å². The number of hydrogen-bond donors (Lipinski definition) is 3. The molecule has 0 aliphatic rings. The van der Waals surface area contributed by atoms with Crippen LogP contribution in [0.3, 0.4) is 0 Å². The van der Waals surface area contributed by atoms with Gasteiger partial charge in [0.2, 0.25) is 0 Å². The summed E-state index contributed by atoms with van der Waals surface area (Å²) in [7, 11) is 0. The van der Waals surface area contributed by atoms with E-state index in [1.165, 1.54) is 36.4 Å². The summed E-state index contributed by atoms with van der Waals surface area (Å²) in [5, 5.41) is 14.5. The highest BCUT2D eigenvalue weighted by molar-refractivity contribution is 6.31. The first-order valence-electron chi connectivity index (χ1n) is 6.78. The Morgan fingerprint density at radius 1 is 1.00 bits per heavy atom. The molecule has 0 aromatic heterocycles. The minimum atomic E-state index is -0.667. The number of hydrogen-bond acceptors (Lipinski definition) is 3. The van der Waals surface area contributed by atoms with Crippen LogP contribution in [0.1, 0.15) is 20.7 Å². The maximum atomic E-state index is 13.5. The second-order valence-electron chi connectivity index (χ2n) is 4.68. The number of benzene rings is 2. The molecule has 0 fully saturated rings. The fourth-order valence-corrected chi connectivity index (χ4v) is 2.01. The van der Waals surface area contributed by atoms with Gasteiger partial charge in [0.05, 0.1) is 5.56 Å². The minimum absolute atomic E-state index is 0.0670. The zero-order valence-electron chi connectivity index (χ0n) is 12.0. The highest BCUT2D eigenvalue weighted by Crippen LogP contribution is 2.14. The van der Waals surface area contributed by atoms with Crippen LogP contribution in [-0.2, 0) is 0 Å². The standard InChI is InChI=1S/C16H14ClFN2O3/c17-11-3-6-14(18)13(9-11)16(23)20-8-7-19-15(22)10-1-4-12(21)5-2-10/h1-6,9,21H,7-8H2,(H,19,22)(H,20,23). The summed E-state index contributed by atoms with van der Waals surface area (Å²) >= 11 is 5.72. The molecule has 2 amide bonds. The summed E-state index contributed by atoms with van der Waals surface area (Å²) in [4.78, 5) is 23.6. The molecule has 0 saturated carbocycles.